The van der Waals surface area contributed by atoms with Gasteiger partial charge in [0.25, 0.3) is 0 Å². The molecule has 1 aliphatic rings. The van der Waals surface area contributed by atoms with E-state index in [2.05, 4.69) is 5.32 Å². The van der Waals surface area contributed by atoms with Crippen molar-refractivity contribution in [3.63, 3.8) is 0 Å². The first-order valence-electron chi connectivity index (χ1n) is 6.43. The number of nitrogens with zero attached hydrogens (tertiary/aromatic N) is 1. The summed E-state index contributed by atoms with van der Waals surface area (Å²) in [5.74, 6) is -2.00. The van der Waals surface area contributed by atoms with Crippen molar-refractivity contribution in [3.05, 3.63) is 39.4 Å². The molecule has 1 aromatic rings. The van der Waals surface area contributed by atoms with Gasteiger partial charge >= 0.3 is 5.69 Å². The summed E-state index contributed by atoms with van der Waals surface area (Å²) in [6, 6.07) is 1.43. The van der Waals surface area contributed by atoms with Crippen molar-refractivity contribution >= 4 is 5.69 Å². The first kappa shape index (κ1) is 15.7. The molecule has 116 valence electrons. The normalized spacial score (nSPS) is 21.7. The molecule has 21 heavy (non-hydrogen) atoms. The maximum Gasteiger partial charge on any atom is 0.305 e. The topological polar surface area (TPSA) is 73.6 Å². The van der Waals surface area contributed by atoms with Gasteiger partial charge in [-0.1, -0.05) is 0 Å². The molecule has 1 atom stereocenters. The van der Waals surface area contributed by atoms with Crippen LogP contribution in [0, 0.1) is 21.7 Å². The number of nitro groups is 1. The summed E-state index contributed by atoms with van der Waals surface area (Å²) in [5.41, 5.74) is -1.17. The van der Waals surface area contributed by atoms with E-state index in [0.29, 0.717) is 32.2 Å². The highest BCUT2D eigenvalue weighted by Crippen LogP contribution is 2.23. The van der Waals surface area contributed by atoms with Crippen molar-refractivity contribution in [2.24, 2.45) is 0 Å². The molecule has 0 spiro atoms. The monoisotopic (exact) mass is 302 g/mol. The quantitative estimate of drug-likeness (QED) is 0.640. The summed E-state index contributed by atoms with van der Waals surface area (Å²) in [4.78, 5) is 9.78. The third kappa shape index (κ3) is 3.52. The average Bonchev–Trinajstić information content (AvgIpc) is 2.90. The number of halogens is 2. The van der Waals surface area contributed by atoms with Gasteiger partial charge in [-0.15, -0.1) is 0 Å². The van der Waals surface area contributed by atoms with E-state index in [1.54, 1.807) is 7.11 Å². The second-order valence-corrected chi connectivity index (χ2v) is 4.95. The zero-order valence-corrected chi connectivity index (χ0v) is 11.5. The van der Waals surface area contributed by atoms with E-state index in [4.69, 9.17) is 9.47 Å². The van der Waals surface area contributed by atoms with Crippen LogP contribution in [0.3, 0.4) is 0 Å². The minimum Gasteiger partial charge on any atom is -0.378 e. The Labute approximate surface area is 120 Å². The minimum absolute atomic E-state index is 0.0354. The molecule has 1 fully saturated rings. The molecule has 1 aliphatic heterocycles. The van der Waals surface area contributed by atoms with Crippen LogP contribution in [0.25, 0.3) is 0 Å². The van der Waals surface area contributed by atoms with Crippen molar-refractivity contribution in [3.8, 4) is 0 Å². The number of hydrogen-bond acceptors (Lipinski definition) is 5. The van der Waals surface area contributed by atoms with E-state index in [0.717, 1.165) is 6.07 Å². The number of ether oxygens (including phenoxy) is 2. The average molecular weight is 302 g/mol. The molecule has 1 unspecified atom stereocenters. The van der Waals surface area contributed by atoms with Crippen molar-refractivity contribution < 1.29 is 23.2 Å². The lowest BCUT2D eigenvalue weighted by Gasteiger charge is -2.26. The number of methoxy groups -OCH3 is 1. The van der Waals surface area contributed by atoms with Crippen LogP contribution >= 0.6 is 0 Å². The predicted molar refractivity (Wildman–Crippen MR) is 69.9 cm³/mol. The number of nitrogens with one attached hydrogen (secondary N) is 1. The van der Waals surface area contributed by atoms with Crippen LogP contribution in [0.1, 0.15) is 12.0 Å². The largest absolute Gasteiger partial charge is 0.378 e. The highest BCUT2D eigenvalue weighted by atomic mass is 19.1. The van der Waals surface area contributed by atoms with Gasteiger partial charge in [0.2, 0.25) is 5.82 Å². The number of hydrogen-bond donors (Lipinski definition) is 1. The van der Waals surface area contributed by atoms with Crippen molar-refractivity contribution in [1.29, 1.82) is 0 Å². The number of rotatable bonds is 6. The predicted octanol–water partition coefficient (Wildman–Crippen LogP) is 1.77. The fourth-order valence-electron chi connectivity index (χ4n) is 2.24. The van der Waals surface area contributed by atoms with E-state index < -0.39 is 27.8 Å². The van der Waals surface area contributed by atoms with Gasteiger partial charge in [0.05, 0.1) is 11.5 Å². The van der Waals surface area contributed by atoms with E-state index in [1.165, 1.54) is 0 Å². The Bertz CT molecular complexity index is 533. The molecule has 0 aromatic heterocycles. The van der Waals surface area contributed by atoms with Crippen molar-refractivity contribution in [2.45, 2.75) is 18.6 Å². The highest BCUT2D eigenvalue weighted by molar-refractivity contribution is 5.37. The van der Waals surface area contributed by atoms with Gasteiger partial charge in [-0.2, -0.15) is 4.39 Å². The summed E-state index contributed by atoms with van der Waals surface area (Å²) in [6.07, 6.45) is 0.711. The summed E-state index contributed by atoms with van der Waals surface area (Å²) in [7, 11) is 1.57. The third-order valence-electron chi connectivity index (χ3n) is 3.58. The van der Waals surface area contributed by atoms with Gasteiger partial charge in [-0.25, -0.2) is 4.39 Å². The lowest BCUT2D eigenvalue weighted by atomic mass is 10.0. The SMILES string of the molecule is COC1(CNCc2cc([N+](=O)[O-])c(F)cc2F)CCOC1. The number of benzene rings is 1. The molecule has 8 heteroatoms. The Balaban J connectivity index is 2.03. The molecule has 1 saturated heterocycles. The lowest BCUT2D eigenvalue weighted by molar-refractivity contribution is -0.387. The summed E-state index contributed by atoms with van der Waals surface area (Å²) in [6.45, 7) is 1.47. The molecule has 1 N–H and O–H groups in total. The zero-order valence-electron chi connectivity index (χ0n) is 11.5. The molecule has 2 rings (SSSR count). The van der Waals surface area contributed by atoms with Crippen LogP contribution < -0.4 is 5.32 Å². The fraction of sp³-hybridized carbons (Fsp3) is 0.538. The Kier molecular flexibility index (Phi) is 4.81. The van der Waals surface area contributed by atoms with Gasteiger partial charge in [-0.05, 0) is 0 Å². The van der Waals surface area contributed by atoms with Crippen LogP contribution in [-0.4, -0.2) is 37.4 Å². The van der Waals surface area contributed by atoms with Crippen LogP contribution in [0.4, 0.5) is 14.5 Å². The van der Waals surface area contributed by atoms with Gasteiger partial charge in [0, 0.05) is 50.9 Å². The van der Waals surface area contributed by atoms with E-state index in [1.807, 2.05) is 0 Å². The zero-order chi connectivity index (χ0) is 15.5. The number of nitro benzene ring substituents is 1. The highest BCUT2D eigenvalue weighted by Gasteiger charge is 2.34. The summed E-state index contributed by atoms with van der Waals surface area (Å²) in [5, 5.41) is 13.6. The van der Waals surface area contributed by atoms with E-state index in [-0.39, 0.29) is 12.1 Å². The maximum atomic E-state index is 13.6. The van der Waals surface area contributed by atoms with Gasteiger partial charge in [0.15, 0.2) is 0 Å². The molecule has 6 nitrogen and oxygen atoms in total. The van der Waals surface area contributed by atoms with E-state index in [9.17, 15) is 18.9 Å². The molecular formula is C13H16F2N2O4. The van der Waals surface area contributed by atoms with Crippen LogP contribution in [0.5, 0.6) is 0 Å². The van der Waals surface area contributed by atoms with Gasteiger partial charge in [-0.3, -0.25) is 10.1 Å². The molecule has 0 radical (unpaired) electrons. The minimum atomic E-state index is -1.18. The maximum absolute atomic E-state index is 13.6. The Morgan fingerprint density at radius 2 is 2.24 bits per heavy atom. The molecule has 0 amide bonds. The first-order chi connectivity index (χ1) is 9.97. The standard InChI is InChI=1S/C13H16F2N2O4/c1-20-13(2-3-21-8-13)7-16-6-9-4-12(17(18)19)11(15)5-10(9)14/h4-5,16H,2-3,6-8H2,1H3. The van der Waals surface area contributed by atoms with Crippen LogP contribution in [-0.2, 0) is 16.0 Å². The Morgan fingerprint density at radius 1 is 1.48 bits per heavy atom. The van der Waals surface area contributed by atoms with Crippen LogP contribution in [0.2, 0.25) is 0 Å². The molecule has 1 aromatic carbocycles. The van der Waals surface area contributed by atoms with Crippen molar-refractivity contribution in [1.82, 2.24) is 5.32 Å². The molecular weight excluding hydrogens is 286 g/mol. The first-order valence-corrected chi connectivity index (χ1v) is 6.43. The van der Waals surface area contributed by atoms with Crippen LogP contribution in [0.15, 0.2) is 12.1 Å². The summed E-state index contributed by atoms with van der Waals surface area (Å²) < 4.78 is 37.5. The van der Waals surface area contributed by atoms with E-state index >= 15 is 0 Å². The molecule has 1 heterocycles. The Hall–Kier alpha value is -1.64. The third-order valence-corrected chi connectivity index (χ3v) is 3.58. The molecule has 0 bridgehead atoms. The smallest absolute Gasteiger partial charge is 0.305 e. The van der Waals surface area contributed by atoms with Gasteiger partial charge in [0.1, 0.15) is 11.4 Å². The lowest BCUT2D eigenvalue weighted by Crippen LogP contribution is -2.42. The molecule has 0 aliphatic carbocycles. The molecule has 0 saturated carbocycles. The Morgan fingerprint density at radius 3 is 2.81 bits per heavy atom. The van der Waals surface area contributed by atoms with Crippen molar-refractivity contribution in [2.75, 3.05) is 26.9 Å². The second kappa shape index (κ2) is 6.42. The fourth-order valence-corrected chi connectivity index (χ4v) is 2.24. The second-order valence-electron chi connectivity index (χ2n) is 4.95. The van der Waals surface area contributed by atoms with Gasteiger partial charge < -0.3 is 14.8 Å². The summed E-state index contributed by atoms with van der Waals surface area (Å²) >= 11 is 0.